The highest BCUT2D eigenvalue weighted by Crippen LogP contribution is 2.26. The first-order valence-corrected chi connectivity index (χ1v) is 12.5. The number of anilines is 2. The van der Waals surface area contributed by atoms with E-state index in [0.29, 0.717) is 11.4 Å². The van der Waals surface area contributed by atoms with E-state index in [4.69, 9.17) is 4.74 Å². The van der Waals surface area contributed by atoms with Gasteiger partial charge in [0, 0.05) is 17.1 Å². The van der Waals surface area contributed by atoms with Gasteiger partial charge >= 0.3 is 0 Å². The molecule has 0 aliphatic carbocycles. The molecule has 0 saturated heterocycles. The molecule has 0 spiro atoms. The second-order valence-corrected chi connectivity index (χ2v) is 10.0. The fourth-order valence-corrected chi connectivity index (χ4v) is 4.68. The number of hydrogen-bond acceptors (Lipinski definition) is 6. The molecular weight excluding hydrogens is 536 g/mol. The predicted octanol–water partition coefficient (Wildman–Crippen LogP) is 3.76. The van der Waals surface area contributed by atoms with Gasteiger partial charge in [-0.2, -0.15) is 5.10 Å². The topological polar surface area (TPSA) is 117 Å². The third kappa shape index (κ3) is 7.14. The maximum absolute atomic E-state index is 13.5. The zero-order valence-corrected chi connectivity index (χ0v) is 21.3. The smallest absolute Gasteiger partial charge is 0.264 e. The van der Waals surface area contributed by atoms with Crippen LogP contribution in [0.1, 0.15) is 12.5 Å². The molecule has 0 aliphatic rings. The summed E-state index contributed by atoms with van der Waals surface area (Å²) in [6, 6.07) is 19.2. The largest absolute Gasteiger partial charge is 0.497 e. The van der Waals surface area contributed by atoms with E-state index in [9.17, 15) is 18.0 Å². The van der Waals surface area contributed by atoms with Crippen LogP contribution in [0.4, 0.5) is 11.4 Å². The first kappa shape index (κ1) is 25.9. The SMILES string of the molecule is COc1ccc(N(CC(=O)N/N=C\c2ccc(Br)cc2)S(=O)(=O)c2ccc(NC(C)=O)cc2)cc1. The van der Waals surface area contributed by atoms with Gasteiger partial charge in [0.05, 0.1) is 23.9 Å². The van der Waals surface area contributed by atoms with E-state index in [0.717, 1.165) is 14.3 Å². The Kier molecular flexibility index (Phi) is 8.61. The Morgan fingerprint density at radius 1 is 1.00 bits per heavy atom. The maximum Gasteiger partial charge on any atom is 0.264 e. The summed E-state index contributed by atoms with van der Waals surface area (Å²) in [6.07, 6.45) is 1.46. The summed E-state index contributed by atoms with van der Waals surface area (Å²) in [5.74, 6) is -0.372. The van der Waals surface area contributed by atoms with Gasteiger partial charge in [0.25, 0.3) is 15.9 Å². The highest BCUT2D eigenvalue weighted by atomic mass is 79.9. The molecule has 0 heterocycles. The maximum atomic E-state index is 13.5. The van der Waals surface area contributed by atoms with E-state index in [1.807, 2.05) is 12.1 Å². The van der Waals surface area contributed by atoms with Crippen molar-refractivity contribution in [2.45, 2.75) is 11.8 Å². The summed E-state index contributed by atoms with van der Waals surface area (Å²) in [7, 11) is -2.64. The summed E-state index contributed by atoms with van der Waals surface area (Å²) in [4.78, 5) is 23.8. The quantitative estimate of drug-likeness (QED) is 0.306. The average molecular weight is 559 g/mol. The van der Waals surface area contributed by atoms with Crippen LogP contribution in [-0.4, -0.2) is 40.1 Å². The van der Waals surface area contributed by atoms with Crippen molar-refractivity contribution >= 4 is 55.4 Å². The number of methoxy groups -OCH3 is 1. The number of halogens is 1. The number of sulfonamides is 1. The van der Waals surface area contributed by atoms with Crippen LogP contribution in [0.5, 0.6) is 5.75 Å². The average Bonchev–Trinajstić information content (AvgIpc) is 2.84. The van der Waals surface area contributed by atoms with E-state index >= 15 is 0 Å². The van der Waals surface area contributed by atoms with Crippen molar-refractivity contribution < 1.29 is 22.7 Å². The van der Waals surface area contributed by atoms with Crippen LogP contribution in [0.2, 0.25) is 0 Å². The van der Waals surface area contributed by atoms with Crippen LogP contribution in [-0.2, 0) is 19.6 Å². The van der Waals surface area contributed by atoms with Crippen LogP contribution in [0, 0.1) is 0 Å². The third-order valence-corrected chi connectivity index (χ3v) is 7.00. The molecule has 0 saturated carbocycles. The molecule has 0 bridgehead atoms. The number of benzene rings is 3. The third-order valence-electron chi connectivity index (χ3n) is 4.68. The van der Waals surface area contributed by atoms with Crippen molar-refractivity contribution in [2.75, 3.05) is 23.3 Å². The molecule has 3 rings (SSSR count). The van der Waals surface area contributed by atoms with Gasteiger partial charge in [-0.3, -0.25) is 13.9 Å². The van der Waals surface area contributed by atoms with E-state index in [1.165, 1.54) is 44.5 Å². The monoisotopic (exact) mass is 558 g/mol. The predicted molar refractivity (Wildman–Crippen MR) is 138 cm³/mol. The number of rotatable bonds is 9. The summed E-state index contributed by atoms with van der Waals surface area (Å²) in [5.41, 5.74) is 3.84. The number of hydrazone groups is 1. The number of nitrogens with zero attached hydrogens (tertiary/aromatic N) is 2. The van der Waals surface area contributed by atoms with Crippen molar-refractivity contribution in [2.24, 2.45) is 5.10 Å². The zero-order valence-electron chi connectivity index (χ0n) is 18.9. The van der Waals surface area contributed by atoms with Gasteiger partial charge in [-0.1, -0.05) is 28.1 Å². The van der Waals surface area contributed by atoms with E-state index in [2.05, 4.69) is 31.8 Å². The second-order valence-electron chi connectivity index (χ2n) is 7.26. The summed E-state index contributed by atoms with van der Waals surface area (Å²) >= 11 is 3.34. The summed E-state index contributed by atoms with van der Waals surface area (Å²) in [5, 5.41) is 6.50. The molecular formula is C24H23BrN4O5S. The van der Waals surface area contributed by atoms with Crippen LogP contribution >= 0.6 is 15.9 Å². The Labute approximate surface area is 212 Å². The fraction of sp³-hybridized carbons (Fsp3) is 0.125. The normalized spacial score (nSPS) is 11.2. The van der Waals surface area contributed by atoms with E-state index < -0.39 is 22.5 Å². The number of hydrogen-bond donors (Lipinski definition) is 2. The van der Waals surface area contributed by atoms with Gasteiger partial charge in [0.1, 0.15) is 12.3 Å². The highest BCUT2D eigenvalue weighted by Gasteiger charge is 2.27. The number of carbonyl (C=O) groups excluding carboxylic acids is 2. The van der Waals surface area contributed by atoms with Crippen molar-refractivity contribution in [3.8, 4) is 5.75 Å². The molecule has 2 amide bonds. The van der Waals surface area contributed by atoms with Crippen LogP contribution < -0.4 is 19.8 Å². The molecule has 3 aromatic rings. The van der Waals surface area contributed by atoms with E-state index in [-0.39, 0.29) is 16.5 Å². The molecule has 0 fully saturated rings. The van der Waals surface area contributed by atoms with Crippen molar-refractivity contribution in [3.63, 3.8) is 0 Å². The molecule has 182 valence electrons. The molecule has 11 heteroatoms. The Morgan fingerprint density at radius 3 is 2.20 bits per heavy atom. The molecule has 35 heavy (non-hydrogen) atoms. The van der Waals surface area contributed by atoms with Gasteiger partial charge in [-0.25, -0.2) is 13.8 Å². The molecule has 9 nitrogen and oxygen atoms in total. The van der Waals surface area contributed by atoms with E-state index in [1.54, 1.807) is 36.4 Å². The standard InChI is InChI=1S/C24H23BrN4O5S/c1-17(30)27-20-7-13-23(14-8-20)35(32,33)29(21-9-11-22(34-2)12-10-21)16-24(31)28-26-15-18-3-5-19(25)6-4-18/h3-15H,16H2,1-2H3,(H,27,30)(H,28,31)/b26-15-. The second kappa shape index (κ2) is 11.6. The first-order chi connectivity index (χ1) is 16.7. The first-order valence-electron chi connectivity index (χ1n) is 10.3. The van der Waals surface area contributed by atoms with Gasteiger partial charge in [-0.05, 0) is 66.2 Å². The fourth-order valence-electron chi connectivity index (χ4n) is 3.00. The lowest BCUT2D eigenvalue weighted by atomic mass is 10.2. The lowest BCUT2D eigenvalue weighted by Crippen LogP contribution is -2.39. The minimum absolute atomic E-state index is 0.0476. The minimum atomic E-state index is -4.13. The Morgan fingerprint density at radius 2 is 1.63 bits per heavy atom. The number of ether oxygens (including phenoxy) is 1. The van der Waals surface area contributed by atoms with Gasteiger partial charge in [0.2, 0.25) is 5.91 Å². The lowest BCUT2D eigenvalue weighted by molar-refractivity contribution is -0.119. The van der Waals surface area contributed by atoms with Gasteiger partial charge in [0.15, 0.2) is 0 Å². The number of carbonyl (C=O) groups is 2. The van der Waals surface area contributed by atoms with Crippen molar-refractivity contribution in [1.82, 2.24) is 5.43 Å². The zero-order chi connectivity index (χ0) is 25.4. The van der Waals surface area contributed by atoms with Crippen LogP contribution in [0.3, 0.4) is 0 Å². The van der Waals surface area contributed by atoms with Crippen LogP contribution in [0.15, 0.2) is 87.3 Å². The molecule has 0 radical (unpaired) electrons. The lowest BCUT2D eigenvalue weighted by Gasteiger charge is -2.24. The van der Waals surface area contributed by atoms with Crippen molar-refractivity contribution in [3.05, 3.63) is 82.8 Å². The highest BCUT2D eigenvalue weighted by molar-refractivity contribution is 9.10. The number of nitrogens with one attached hydrogen (secondary N) is 2. The van der Waals surface area contributed by atoms with Crippen molar-refractivity contribution in [1.29, 1.82) is 0 Å². The molecule has 0 aliphatic heterocycles. The van der Waals surface area contributed by atoms with Gasteiger partial charge in [-0.15, -0.1) is 0 Å². The number of amides is 2. The van der Waals surface area contributed by atoms with Gasteiger partial charge < -0.3 is 10.1 Å². The minimum Gasteiger partial charge on any atom is -0.497 e. The molecule has 0 atom stereocenters. The molecule has 2 N–H and O–H groups in total. The molecule has 0 aromatic heterocycles. The summed E-state index contributed by atoms with van der Waals surface area (Å²) < 4.78 is 34.0. The Bertz CT molecular complexity index is 1310. The molecule has 0 unspecified atom stereocenters. The molecule has 3 aromatic carbocycles. The van der Waals surface area contributed by atoms with Crippen LogP contribution in [0.25, 0.3) is 0 Å². The Balaban J connectivity index is 1.84. The summed E-state index contributed by atoms with van der Waals surface area (Å²) in [6.45, 7) is 0.841. The Hall–Kier alpha value is -3.70.